The number of hydrogen-bond acceptors (Lipinski definition) is 3. The summed E-state index contributed by atoms with van der Waals surface area (Å²) in [5, 5.41) is 0. The second kappa shape index (κ2) is 6.32. The number of nitrogens with zero attached hydrogens (tertiary/aromatic N) is 1. The Bertz CT molecular complexity index is 381. The van der Waals surface area contributed by atoms with E-state index in [2.05, 4.69) is 43.1 Å². The lowest BCUT2D eigenvalue weighted by molar-refractivity contribution is 0.0285. The zero-order valence-corrected chi connectivity index (χ0v) is 11.4. The van der Waals surface area contributed by atoms with Gasteiger partial charge in [0, 0.05) is 31.7 Å². The summed E-state index contributed by atoms with van der Waals surface area (Å²) in [6.07, 6.45) is 0.989. The topological polar surface area (TPSA) is 38.5 Å². The largest absolute Gasteiger partial charge is 0.381 e. The van der Waals surface area contributed by atoms with Gasteiger partial charge in [0.15, 0.2) is 0 Å². The molecule has 1 saturated heterocycles. The van der Waals surface area contributed by atoms with Gasteiger partial charge in [-0.1, -0.05) is 24.3 Å². The lowest BCUT2D eigenvalue weighted by atomic mass is 9.96. The molecular weight excluding hydrogens is 224 g/mol. The van der Waals surface area contributed by atoms with Crippen LogP contribution in [-0.2, 0) is 11.3 Å². The molecule has 1 aromatic carbocycles. The Balaban J connectivity index is 1.88. The fourth-order valence-electron chi connectivity index (χ4n) is 2.54. The van der Waals surface area contributed by atoms with Crippen molar-refractivity contribution in [1.82, 2.24) is 4.90 Å². The van der Waals surface area contributed by atoms with E-state index in [9.17, 15) is 0 Å². The van der Waals surface area contributed by atoms with Gasteiger partial charge in [-0.15, -0.1) is 0 Å². The summed E-state index contributed by atoms with van der Waals surface area (Å²) in [7, 11) is 2.16. The summed E-state index contributed by atoms with van der Waals surface area (Å²) in [6, 6.07) is 8.84. The summed E-state index contributed by atoms with van der Waals surface area (Å²) in [6.45, 7) is 5.78. The Hall–Kier alpha value is -0.900. The molecule has 1 heterocycles. The predicted octanol–water partition coefficient (Wildman–Crippen LogP) is 1.79. The van der Waals surface area contributed by atoms with E-state index in [1.807, 2.05) is 0 Å². The summed E-state index contributed by atoms with van der Waals surface area (Å²) >= 11 is 0. The van der Waals surface area contributed by atoms with Gasteiger partial charge in [-0.2, -0.15) is 0 Å². The van der Waals surface area contributed by atoms with Crippen molar-refractivity contribution in [3.05, 3.63) is 35.4 Å². The van der Waals surface area contributed by atoms with E-state index in [4.69, 9.17) is 10.5 Å². The first-order chi connectivity index (χ1) is 8.66. The second-order valence-corrected chi connectivity index (χ2v) is 5.41. The van der Waals surface area contributed by atoms with Crippen molar-refractivity contribution in [3.8, 4) is 0 Å². The van der Waals surface area contributed by atoms with Crippen molar-refractivity contribution in [3.63, 3.8) is 0 Å². The van der Waals surface area contributed by atoms with E-state index in [0.717, 1.165) is 32.7 Å². The molecule has 0 radical (unpaired) electrons. The molecule has 0 aromatic heterocycles. The van der Waals surface area contributed by atoms with Gasteiger partial charge < -0.3 is 15.4 Å². The third-order valence-corrected chi connectivity index (χ3v) is 3.78. The highest BCUT2D eigenvalue weighted by atomic mass is 16.5. The Morgan fingerprint density at radius 3 is 2.89 bits per heavy atom. The van der Waals surface area contributed by atoms with Crippen molar-refractivity contribution in [2.75, 3.05) is 26.8 Å². The minimum absolute atomic E-state index is 0.290. The van der Waals surface area contributed by atoms with Crippen LogP contribution >= 0.6 is 0 Å². The molecule has 18 heavy (non-hydrogen) atoms. The maximum atomic E-state index is 6.14. The SMILES string of the molecule is Cc1ccccc1CN(C)CC1COCCC1N. The first-order valence-electron chi connectivity index (χ1n) is 6.73. The predicted molar refractivity (Wildman–Crippen MR) is 74.4 cm³/mol. The van der Waals surface area contributed by atoms with Crippen LogP contribution in [0.1, 0.15) is 17.5 Å². The number of ether oxygens (including phenoxy) is 1. The summed E-state index contributed by atoms with van der Waals surface area (Å²) in [5.41, 5.74) is 8.89. The average Bonchev–Trinajstić information content (AvgIpc) is 2.35. The van der Waals surface area contributed by atoms with Crippen LogP contribution in [0.5, 0.6) is 0 Å². The highest BCUT2D eigenvalue weighted by Crippen LogP contribution is 2.16. The maximum Gasteiger partial charge on any atom is 0.0521 e. The Labute approximate surface area is 110 Å². The van der Waals surface area contributed by atoms with E-state index in [1.54, 1.807) is 0 Å². The zero-order chi connectivity index (χ0) is 13.0. The maximum absolute atomic E-state index is 6.14. The number of nitrogens with two attached hydrogens (primary N) is 1. The third kappa shape index (κ3) is 3.55. The lowest BCUT2D eigenvalue weighted by Gasteiger charge is -2.32. The highest BCUT2D eigenvalue weighted by Gasteiger charge is 2.23. The first kappa shape index (κ1) is 13.5. The smallest absolute Gasteiger partial charge is 0.0521 e. The molecule has 0 bridgehead atoms. The van der Waals surface area contributed by atoms with Crippen molar-refractivity contribution >= 4 is 0 Å². The van der Waals surface area contributed by atoms with Gasteiger partial charge in [-0.3, -0.25) is 0 Å². The molecule has 0 saturated carbocycles. The number of hydrogen-bond donors (Lipinski definition) is 1. The Morgan fingerprint density at radius 2 is 2.17 bits per heavy atom. The van der Waals surface area contributed by atoms with Gasteiger partial charge in [-0.25, -0.2) is 0 Å². The van der Waals surface area contributed by atoms with Gasteiger partial charge >= 0.3 is 0 Å². The van der Waals surface area contributed by atoms with Crippen LogP contribution in [0.3, 0.4) is 0 Å². The molecule has 2 unspecified atom stereocenters. The summed E-state index contributed by atoms with van der Waals surface area (Å²) in [4.78, 5) is 2.35. The molecule has 3 heteroatoms. The summed E-state index contributed by atoms with van der Waals surface area (Å²) in [5.74, 6) is 0.466. The molecule has 1 aromatic rings. The van der Waals surface area contributed by atoms with Gasteiger partial charge in [-0.05, 0) is 31.5 Å². The van der Waals surface area contributed by atoms with Crippen LogP contribution in [0.15, 0.2) is 24.3 Å². The van der Waals surface area contributed by atoms with Crippen LogP contribution in [0, 0.1) is 12.8 Å². The molecule has 1 fully saturated rings. The fourth-order valence-corrected chi connectivity index (χ4v) is 2.54. The van der Waals surface area contributed by atoms with Crippen LogP contribution in [0.2, 0.25) is 0 Å². The number of aryl methyl sites for hydroxylation is 1. The lowest BCUT2D eigenvalue weighted by Crippen LogP contribution is -2.44. The second-order valence-electron chi connectivity index (χ2n) is 5.41. The molecule has 2 N–H and O–H groups in total. The third-order valence-electron chi connectivity index (χ3n) is 3.78. The number of benzene rings is 1. The van der Waals surface area contributed by atoms with Crippen molar-refractivity contribution in [1.29, 1.82) is 0 Å². The normalized spacial score (nSPS) is 24.4. The van der Waals surface area contributed by atoms with Crippen molar-refractivity contribution in [2.45, 2.75) is 25.9 Å². The molecule has 0 spiro atoms. The van der Waals surface area contributed by atoms with Gasteiger partial charge in [0.1, 0.15) is 0 Å². The molecule has 1 aliphatic heterocycles. The quantitative estimate of drug-likeness (QED) is 0.883. The van der Waals surface area contributed by atoms with Gasteiger partial charge in [0.25, 0.3) is 0 Å². The fraction of sp³-hybridized carbons (Fsp3) is 0.600. The standard InChI is InChI=1S/C15H24N2O/c1-12-5-3-4-6-13(12)9-17(2)10-14-11-18-8-7-15(14)16/h3-6,14-15H,7-11,16H2,1-2H3. The van der Waals surface area contributed by atoms with Crippen molar-refractivity contribution < 1.29 is 4.74 Å². The van der Waals surface area contributed by atoms with Crippen LogP contribution in [0.4, 0.5) is 0 Å². The minimum atomic E-state index is 0.290. The van der Waals surface area contributed by atoms with E-state index in [-0.39, 0.29) is 6.04 Å². The van der Waals surface area contributed by atoms with Crippen LogP contribution in [0.25, 0.3) is 0 Å². The molecule has 0 aliphatic carbocycles. The molecule has 2 atom stereocenters. The zero-order valence-electron chi connectivity index (χ0n) is 11.4. The Morgan fingerprint density at radius 1 is 1.39 bits per heavy atom. The molecule has 1 aliphatic rings. The molecule has 2 rings (SSSR count). The summed E-state index contributed by atoms with van der Waals surface area (Å²) < 4.78 is 5.52. The van der Waals surface area contributed by atoms with Gasteiger partial charge in [0.05, 0.1) is 6.61 Å². The average molecular weight is 248 g/mol. The van der Waals surface area contributed by atoms with E-state index >= 15 is 0 Å². The molecular formula is C15H24N2O. The van der Waals surface area contributed by atoms with Crippen LogP contribution < -0.4 is 5.73 Å². The monoisotopic (exact) mass is 248 g/mol. The van der Waals surface area contributed by atoms with Crippen molar-refractivity contribution in [2.24, 2.45) is 11.7 Å². The molecule has 100 valence electrons. The Kier molecular flexibility index (Phi) is 4.75. The van der Waals surface area contributed by atoms with Crippen LogP contribution in [-0.4, -0.2) is 37.7 Å². The minimum Gasteiger partial charge on any atom is -0.381 e. The molecule has 3 nitrogen and oxygen atoms in total. The number of rotatable bonds is 4. The van der Waals surface area contributed by atoms with E-state index in [0.29, 0.717) is 5.92 Å². The van der Waals surface area contributed by atoms with Gasteiger partial charge in [0.2, 0.25) is 0 Å². The highest BCUT2D eigenvalue weighted by molar-refractivity contribution is 5.25. The van der Waals surface area contributed by atoms with E-state index < -0.39 is 0 Å². The first-order valence-corrected chi connectivity index (χ1v) is 6.73. The molecule has 0 amide bonds. The van der Waals surface area contributed by atoms with E-state index in [1.165, 1.54) is 11.1 Å².